The fraction of sp³-hybridized carbons (Fsp3) is 0.269. The van der Waals surface area contributed by atoms with Gasteiger partial charge >= 0.3 is 5.97 Å². The molecule has 4 aromatic rings. The first kappa shape index (κ1) is 22.2. The first-order valence-corrected chi connectivity index (χ1v) is 11.6. The molecular weight excluding hydrogens is 454 g/mol. The molecule has 1 saturated carbocycles. The van der Waals surface area contributed by atoms with Gasteiger partial charge in [-0.2, -0.15) is 0 Å². The summed E-state index contributed by atoms with van der Waals surface area (Å²) in [5.41, 5.74) is 2.95. The van der Waals surface area contributed by atoms with Crippen molar-refractivity contribution in [2.45, 2.75) is 25.7 Å². The molecule has 1 N–H and O–H groups in total. The molecule has 0 bridgehead atoms. The van der Waals surface area contributed by atoms with Crippen molar-refractivity contribution in [1.82, 2.24) is 15.0 Å². The third-order valence-electron chi connectivity index (χ3n) is 6.19. The Morgan fingerprint density at radius 3 is 2.26 bits per heavy atom. The van der Waals surface area contributed by atoms with Gasteiger partial charge in [0.05, 0.1) is 19.6 Å². The van der Waals surface area contributed by atoms with Crippen LogP contribution in [0.25, 0.3) is 16.7 Å². The van der Waals surface area contributed by atoms with Crippen LogP contribution >= 0.6 is 11.6 Å². The minimum atomic E-state index is -0.848. The van der Waals surface area contributed by atoms with Gasteiger partial charge in [-0.25, -0.2) is 0 Å². The molecule has 0 amide bonds. The van der Waals surface area contributed by atoms with Crippen molar-refractivity contribution in [2.24, 2.45) is 5.41 Å². The van der Waals surface area contributed by atoms with E-state index in [2.05, 4.69) is 10.2 Å². The van der Waals surface area contributed by atoms with Crippen molar-refractivity contribution in [3.63, 3.8) is 0 Å². The van der Waals surface area contributed by atoms with Crippen LogP contribution in [-0.4, -0.2) is 39.3 Å². The molecule has 1 aliphatic carbocycles. The van der Waals surface area contributed by atoms with Gasteiger partial charge in [0.1, 0.15) is 28.2 Å². The molecule has 0 unspecified atom stereocenters. The Morgan fingerprint density at radius 1 is 0.971 bits per heavy atom. The molecule has 0 atom stereocenters. The first-order valence-electron chi connectivity index (χ1n) is 11.2. The molecule has 3 aromatic carbocycles. The van der Waals surface area contributed by atoms with Crippen LogP contribution in [0.5, 0.6) is 11.5 Å². The van der Waals surface area contributed by atoms with Crippen molar-refractivity contribution in [1.29, 1.82) is 0 Å². The number of halogens is 1. The molecular formula is C26H24ClN3O4. The Hall–Kier alpha value is -3.58. The monoisotopic (exact) mass is 477 g/mol. The maximum Gasteiger partial charge on any atom is 0.307 e. The Morgan fingerprint density at radius 2 is 1.65 bits per heavy atom. The highest BCUT2D eigenvalue weighted by atomic mass is 35.5. The van der Waals surface area contributed by atoms with Crippen LogP contribution in [0.15, 0.2) is 66.7 Å². The van der Waals surface area contributed by atoms with Crippen LogP contribution in [0.3, 0.4) is 0 Å². The molecule has 174 valence electrons. The second kappa shape index (κ2) is 9.35. The van der Waals surface area contributed by atoms with Crippen molar-refractivity contribution in [3.8, 4) is 17.2 Å². The van der Waals surface area contributed by atoms with E-state index in [1.807, 2.05) is 42.5 Å². The van der Waals surface area contributed by atoms with Crippen LogP contribution in [0.1, 0.15) is 24.8 Å². The number of carboxylic acid groups (broad SMARTS) is 1. The van der Waals surface area contributed by atoms with Gasteiger partial charge in [0.2, 0.25) is 0 Å². The number of hydrogen-bond acceptors (Lipinski definition) is 5. The van der Waals surface area contributed by atoms with Gasteiger partial charge in [-0.3, -0.25) is 4.79 Å². The lowest BCUT2D eigenvalue weighted by Crippen LogP contribution is -2.41. The third-order valence-corrected chi connectivity index (χ3v) is 6.43. The maximum atomic E-state index is 10.9. The molecule has 1 aromatic heterocycles. The van der Waals surface area contributed by atoms with E-state index in [1.165, 1.54) is 0 Å². The molecule has 34 heavy (non-hydrogen) atoms. The van der Waals surface area contributed by atoms with Crippen LogP contribution in [0.4, 0.5) is 0 Å². The van der Waals surface area contributed by atoms with Crippen LogP contribution in [-0.2, 0) is 11.2 Å². The van der Waals surface area contributed by atoms with E-state index >= 15 is 0 Å². The summed E-state index contributed by atoms with van der Waals surface area (Å²) in [4.78, 5) is 12.4. The first-order chi connectivity index (χ1) is 16.5. The summed E-state index contributed by atoms with van der Waals surface area (Å²) < 4.78 is 12.4. The molecule has 0 saturated heterocycles. The van der Waals surface area contributed by atoms with E-state index < -0.39 is 5.97 Å². The fourth-order valence-corrected chi connectivity index (χ4v) is 4.26. The largest absolute Gasteiger partial charge is 0.493 e. The van der Waals surface area contributed by atoms with Gasteiger partial charge in [0.25, 0.3) is 0 Å². The average Bonchev–Trinajstić information content (AvgIpc) is 3.24. The molecule has 0 spiro atoms. The highest BCUT2D eigenvalue weighted by Gasteiger charge is 2.39. The van der Waals surface area contributed by atoms with E-state index in [9.17, 15) is 4.79 Å². The number of fused-ring (bicyclic) bond motifs is 1. The number of aliphatic carboxylic acids is 1. The third kappa shape index (κ3) is 4.84. The molecule has 8 heteroatoms. The Balaban J connectivity index is 1.28. The van der Waals surface area contributed by atoms with Gasteiger partial charge in [0, 0.05) is 10.4 Å². The zero-order valence-corrected chi connectivity index (χ0v) is 19.2. The van der Waals surface area contributed by atoms with Crippen molar-refractivity contribution >= 4 is 28.6 Å². The molecule has 7 nitrogen and oxygen atoms in total. The zero-order chi connectivity index (χ0) is 23.5. The summed E-state index contributed by atoms with van der Waals surface area (Å²) in [6.07, 6.45) is 3.15. The van der Waals surface area contributed by atoms with Gasteiger partial charge in [-0.1, -0.05) is 42.3 Å². The SMILES string of the molecule is O=C(O)Cc1ccc(OCC2(COc3ccc(Cl)cc3-n3nc4ccccc4n3)CCC2)cc1. The zero-order valence-electron chi connectivity index (χ0n) is 18.5. The smallest absolute Gasteiger partial charge is 0.307 e. The van der Waals surface area contributed by atoms with E-state index in [0.29, 0.717) is 29.7 Å². The number of nitrogens with zero attached hydrogens (tertiary/aromatic N) is 3. The minimum Gasteiger partial charge on any atom is -0.493 e. The number of hydrogen-bond donors (Lipinski definition) is 1. The lowest BCUT2D eigenvalue weighted by molar-refractivity contribution is -0.136. The number of rotatable bonds is 9. The minimum absolute atomic E-state index is 0.00214. The van der Waals surface area contributed by atoms with E-state index in [4.69, 9.17) is 26.2 Å². The molecule has 0 radical (unpaired) electrons. The Bertz CT molecular complexity index is 1280. The van der Waals surface area contributed by atoms with Gasteiger partial charge in [0.15, 0.2) is 0 Å². The molecule has 1 heterocycles. The number of aromatic nitrogens is 3. The van der Waals surface area contributed by atoms with E-state index in [1.54, 1.807) is 29.1 Å². The van der Waals surface area contributed by atoms with Crippen molar-refractivity contribution < 1.29 is 19.4 Å². The number of ether oxygens (including phenoxy) is 2. The van der Waals surface area contributed by atoms with E-state index in [-0.39, 0.29) is 11.8 Å². The summed E-state index contributed by atoms with van der Waals surface area (Å²) in [6.45, 7) is 1.03. The lowest BCUT2D eigenvalue weighted by Gasteiger charge is -2.41. The summed E-state index contributed by atoms with van der Waals surface area (Å²) in [5.74, 6) is 0.535. The molecule has 1 aliphatic rings. The summed E-state index contributed by atoms with van der Waals surface area (Å²) in [6, 6.07) is 20.3. The maximum absolute atomic E-state index is 10.9. The normalized spacial score (nSPS) is 14.5. The Kier molecular flexibility index (Phi) is 6.11. The quantitative estimate of drug-likeness (QED) is 0.350. The number of benzene rings is 3. The van der Waals surface area contributed by atoms with Crippen LogP contribution < -0.4 is 9.47 Å². The number of carbonyl (C=O) groups is 1. The van der Waals surface area contributed by atoms with Crippen LogP contribution in [0.2, 0.25) is 5.02 Å². The molecule has 0 aliphatic heterocycles. The van der Waals surface area contributed by atoms with Crippen molar-refractivity contribution in [2.75, 3.05) is 13.2 Å². The summed E-state index contributed by atoms with van der Waals surface area (Å²) in [5, 5.41) is 18.6. The van der Waals surface area contributed by atoms with Gasteiger partial charge in [-0.05, 0) is 60.9 Å². The topological polar surface area (TPSA) is 86.5 Å². The van der Waals surface area contributed by atoms with Gasteiger partial charge in [-0.15, -0.1) is 15.0 Å². The standard InChI is InChI=1S/C26H24ClN3O4/c27-19-8-11-24(23(15-19)30-28-21-4-1-2-5-22(21)29-30)34-17-26(12-3-13-26)16-33-20-9-6-18(7-10-20)14-25(31)32/h1-2,4-11,15H,3,12-14,16-17H2,(H,31,32). The Labute approximate surface area is 201 Å². The fourth-order valence-electron chi connectivity index (χ4n) is 4.09. The van der Waals surface area contributed by atoms with Crippen molar-refractivity contribution in [3.05, 3.63) is 77.3 Å². The average molecular weight is 478 g/mol. The second-order valence-corrected chi connectivity index (χ2v) is 9.17. The number of carboxylic acids is 1. The molecule has 5 rings (SSSR count). The highest BCUT2D eigenvalue weighted by Crippen LogP contribution is 2.42. The summed E-state index contributed by atoms with van der Waals surface area (Å²) in [7, 11) is 0. The predicted molar refractivity (Wildman–Crippen MR) is 129 cm³/mol. The molecule has 1 fully saturated rings. The van der Waals surface area contributed by atoms with Gasteiger partial charge < -0.3 is 14.6 Å². The van der Waals surface area contributed by atoms with Crippen LogP contribution in [0, 0.1) is 5.41 Å². The summed E-state index contributed by atoms with van der Waals surface area (Å²) >= 11 is 6.27. The lowest BCUT2D eigenvalue weighted by atomic mass is 9.70. The van der Waals surface area contributed by atoms with E-state index in [0.717, 1.165) is 41.6 Å². The second-order valence-electron chi connectivity index (χ2n) is 8.74. The highest BCUT2D eigenvalue weighted by molar-refractivity contribution is 6.30. The predicted octanol–water partition coefficient (Wildman–Crippen LogP) is 5.33.